The summed E-state index contributed by atoms with van der Waals surface area (Å²) >= 11 is 1.16. The quantitative estimate of drug-likeness (QED) is 0.516. The highest BCUT2D eigenvalue weighted by molar-refractivity contribution is 8.00. The number of nitrogens with one attached hydrogen (secondary N) is 1. The van der Waals surface area contributed by atoms with E-state index < -0.39 is 11.2 Å². The summed E-state index contributed by atoms with van der Waals surface area (Å²) < 4.78 is 10.4. The normalized spacial score (nSPS) is 11.3. The molecule has 1 N–H and O–H groups in total. The standard InChI is InChI=1S/C21H23N3O4S/c1-5-27-17-9-7-16(8-10-17)24-19(25)14(4)29-20-15(12-22)11-18(13(3)23-20)21(26)28-6-2/h7-11,14H,5-6H2,1-4H3,(H,24,25)/t14-/m0/s1. The number of rotatable bonds is 8. The fraction of sp³-hybridized carbons (Fsp3) is 0.333. The third-order valence-electron chi connectivity index (χ3n) is 3.88. The molecule has 1 aromatic carbocycles. The van der Waals surface area contributed by atoms with Gasteiger partial charge in [0.1, 0.15) is 16.8 Å². The van der Waals surface area contributed by atoms with E-state index in [0.29, 0.717) is 23.0 Å². The van der Waals surface area contributed by atoms with Crippen LogP contribution in [0.1, 0.15) is 42.4 Å². The van der Waals surface area contributed by atoms with Gasteiger partial charge in [-0.15, -0.1) is 0 Å². The van der Waals surface area contributed by atoms with E-state index in [2.05, 4.69) is 10.3 Å². The summed E-state index contributed by atoms with van der Waals surface area (Å²) in [6.45, 7) is 7.81. The number of aryl methyl sites for hydroxylation is 1. The maximum Gasteiger partial charge on any atom is 0.340 e. The number of ether oxygens (including phenoxy) is 2. The van der Waals surface area contributed by atoms with Crippen molar-refractivity contribution < 1.29 is 19.1 Å². The zero-order chi connectivity index (χ0) is 21.4. The number of carbonyl (C=O) groups excluding carboxylic acids is 2. The number of benzene rings is 1. The van der Waals surface area contributed by atoms with Gasteiger partial charge in [0.05, 0.1) is 35.3 Å². The van der Waals surface area contributed by atoms with Crippen molar-refractivity contribution in [3.05, 3.63) is 47.2 Å². The maximum atomic E-state index is 12.5. The molecule has 0 aliphatic carbocycles. The number of aromatic nitrogens is 1. The summed E-state index contributed by atoms with van der Waals surface area (Å²) in [6, 6.07) is 10.6. The lowest BCUT2D eigenvalue weighted by atomic mass is 10.1. The Hall–Kier alpha value is -3.05. The van der Waals surface area contributed by atoms with Gasteiger partial charge in [-0.25, -0.2) is 9.78 Å². The summed E-state index contributed by atoms with van der Waals surface area (Å²) in [7, 11) is 0. The first-order valence-corrected chi connectivity index (χ1v) is 10.1. The largest absolute Gasteiger partial charge is 0.494 e. The van der Waals surface area contributed by atoms with Gasteiger partial charge < -0.3 is 14.8 Å². The van der Waals surface area contributed by atoms with E-state index in [4.69, 9.17) is 9.47 Å². The van der Waals surface area contributed by atoms with Gasteiger partial charge in [-0.05, 0) is 58.0 Å². The Balaban J connectivity index is 2.11. The number of carbonyl (C=O) groups is 2. The van der Waals surface area contributed by atoms with E-state index >= 15 is 0 Å². The lowest BCUT2D eigenvalue weighted by Crippen LogP contribution is -2.22. The first-order valence-electron chi connectivity index (χ1n) is 9.18. The second kappa shape index (κ2) is 10.5. The lowest BCUT2D eigenvalue weighted by Gasteiger charge is -2.14. The summed E-state index contributed by atoms with van der Waals surface area (Å²) in [4.78, 5) is 28.9. The second-order valence-electron chi connectivity index (χ2n) is 6.01. The predicted molar refractivity (Wildman–Crippen MR) is 111 cm³/mol. The van der Waals surface area contributed by atoms with E-state index in [1.807, 2.05) is 13.0 Å². The molecule has 0 saturated carbocycles. The Morgan fingerprint density at radius 1 is 1.24 bits per heavy atom. The van der Waals surface area contributed by atoms with Crippen molar-refractivity contribution in [1.82, 2.24) is 4.98 Å². The highest BCUT2D eigenvalue weighted by Gasteiger charge is 2.21. The van der Waals surface area contributed by atoms with E-state index in [1.54, 1.807) is 45.0 Å². The van der Waals surface area contributed by atoms with Gasteiger partial charge in [-0.1, -0.05) is 11.8 Å². The molecule has 1 atom stereocenters. The first-order chi connectivity index (χ1) is 13.9. The topological polar surface area (TPSA) is 101 Å². The van der Waals surface area contributed by atoms with Crippen LogP contribution in [0, 0.1) is 18.3 Å². The third kappa shape index (κ3) is 5.96. The van der Waals surface area contributed by atoms with Gasteiger partial charge >= 0.3 is 5.97 Å². The molecule has 8 heteroatoms. The van der Waals surface area contributed by atoms with E-state index in [9.17, 15) is 14.9 Å². The van der Waals surface area contributed by atoms with E-state index in [1.165, 1.54) is 6.07 Å². The number of hydrogen-bond donors (Lipinski definition) is 1. The van der Waals surface area contributed by atoms with E-state index in [0.717, 1.165) is 17.5 Å². The van der Waals surface area contributed by atoms with Crippen LogP contribution in [0.3, 0.4) is 0 Å². The zero-order valence-corrected chi connectivity index (χ0v) is 17.6. The Bertz CT molecular complexity index is 923. The monoisotopic (exact) mass is 413 g/mol. The SMILES string of the molecule is CCOC(=O)c1cc(C#N)c(S[C@@H](C)C(=O)Nc2ccc(OCC)cc2)nc1C. The molecule has 0 spiro atoms. The maximum absolute atomic E-state index is 12.5. The number of nitrogens with zero attached hydrogens (tertiary/aromatic N) is 2. The molecule has 1 amide bonds. The number of nitriles is 1. The molecule has 0 unspecified atom stereocenters. The molecule has 0 aliphatic heterocycles. The molecular formula is C21H23N3O4S. The first kappa shape index (κ1) is 22.2. The molecular weight excluding hydrogens is 390 g/mol. The number of anilines is 1. The van der Waals surface area contributed by atoms with Crippen molar-refractivity contribution in [1.29, 1.82) is 5.26 Å². The molecule has 1 aromatic heterocycles. The van der Waals surface area contributed by atoms with Crippen LogP contribution in [0.25, 0.3) is 0 Å². The Kier molecular flexibility index (Phi) is 8.04. The van der Waals surface area contributed by atoms with E-state index in [-0.39, 0.29) is 23.6 Å². The average molecular weight is 413 g/mol. The van der Waals surface area contributed by atoms with Crippen LogP contribution < -0.4 is 10.1 Å². The minimum absolute atomic E-state index is 0.225. The molecule has 0 radical (unpaired) electrons. The van der Waals surface area contributed by atoms with Crippen LogP contribution in [0.15, 0.2) is 35.4 Å². The minimum atomic E-state index is -0.521. The molecule has 2 rings (SSSR count). The van der Waals surface area contributed by atoms with Gasteiger partial charge in [0, 0.05) is 5.69 Å². The van der Waals surface area contributed by atoms with Gasteiger partial charge in [0.15, 0.2) is 0 Å². The Labute approximate surface area is 174 Å². The zero-order valence-electron chi connectivity index (χ0n) is 16.8. The number of hydrogen-bond acceptors (Lipinski definition) is 7. The van der Waals surface area contributed by atoms with Crippen molar-refractivity contribution in [2.45, 2.75) is 38.0 Å². The number of thioether (sulfide) groups is 1. The van der Waals surface area contributed by atoms with Crippen molar-refractivity contribution >= 4 is 29.3 Å². The fourth-order valence-electron chi connectivity index (χ4n) is 2.43. The molecule has 0 fully saturated rings. The van der Waals surface area contributed by atoms with Crippen LogP contribution in [-0.4, -0.2) is 35.3 Å². The van der Waals surface area contributed by atoms with Crippen molar-refractivity contribution in [3.63, 3.8) is 0 Å². The molecule has 29 heavy (non-hydrogen) atoms. The molecule has 1 heterocycles. The average Bonchev–Trinajstić information content (AvgIpc) is 2.70. The van der Waals surface area contributed by atoms with Crippen LogP contribution in [0.2, 0.25) is 0 Å². The highest BCUT2D eigenvalue weighted by atomic mass is 32.2. The van der Waals surface area contributed by atoms with Crippen LogP contribution in [0.4, 0.5) is 5.69 Å². The van der Waals surface area contributed by atoms with Gasteiger partial charge in [-0.2, -0.15) is 5.26 Å². The summed E-state index contributed by atoms with van der Waals surface area (Å²) in [5.74, 6) is -0.0169. The van der Waals surface area contributed by atoms with Crippen molar-refractivity contribution in [2.24, 2.45) is 0 Å². The summed E-state index contributed by atoms with van der Waals surface area (Å²) in [5.41, 5.74) is 1.57. The van der Waals surface area contributed by atoms with Gasteiger partial charge in [0.2, 0.25) is 5.91 Å². The van der Waals surface area contributed by atoms with Crippen LogP contribution >= 0.6 is 11.8 Å². The molecule has 2 aromatic rings. The lowest BCUT2D eigenvalue weighted by molar-refractivity contribution is -0.115. The van der Waals surface area contributed by atoms with Crippen LogP contribution in [0.5, 0.6) is 5.75 Å². The Morgan fingerprint density at radius 2 is 1.93 bits per heavy atom. The number of esters is 1. The summed E-state index contributed by atoms with van der Waals surface area (Å²) in [5, 5.41) is 12.2. The van der Waals surface area contributed by atoms with Gasteiger partial charge in [-0.3, -0.25) is 4.79 Å². The number of amides is 1. The predicted octanol–water partition coefficient (Wildman–Crippen LogP) is 3.96. The molecule has 0 saturated heterocycles. The molecule has 7 nitrogen and oxygen atoms in total. The van der Waals surface area contributed by atoms with Crippen LogP contribution in [-0.2, 0) is 9.53 Å². The molecule has 0 aliphatic rings. The third-order valence-corrected chi connectivity index (χ3v) is 4.99. The van der Waals surface area contributed by atoms with Crippen molar-refractivity contribution in [3.8, 4) is 11.8 Å². The number of pyridine rings is 1. The molecule has 152 valence electrons. The smallest absolute Gasteiger partial charge is 0.340 e. The highest BCUT2D eigenvalue weighted by Crippen LogP contribution is 2.28. The van der Waals surface area contributed by atoms with Crippen molar-refractivity contribution in [2.75, 3.05) is 18.5 Å². The summed E-state index contributed by atoms with van der Waals surface area (Å²) in [6.07, 6.45) is 0. The van der Waals surface area contributed by atoms with Gasteiger partial charge in [0.25, 0.3) is 0 Å². The Morgan fingerprint density at radius 3 is 2.52 bits per heavy atom. The second-order valence-corrected chi connectivity index (χ2v) is 7.34. The minimum Gasteiger partial charge on any atom is -0.494 e. The molecule has 0 bridgehead atoms. The fourth-order valence-corrected chi connectivity index (χ4v) is 3.36.